The second-order valence-electron chi connectivity index (χ2n) is 7.10. The lowest BCUT2D eigenvalue weighted by Crippen LogP contribution is -2.60. The van der Waals surface area contributed by atoms with Gasteiger partial charge in [0.05, 0.1) is 5.60 Å². The maximum absolute atomic E-state index is 11.9. The number of hydrogen-bond acceptors (Lipinski definition) is 3. The van der Waals surface area contributed by atoms with Crippen LogP contribution in [0.3, 0.4) is 0 Å². The van der Waals surface area contributed by atoms with Crippen LogP contribution in [0.5, 0.6) is 0 Å². The maximum atomic E-state index is 11.9. The zero-order chi connectivity index (χ0) is 15.0. The minimum Gasteiger partial charge on any atom is -0.357 e. The molecule has 2 spiro atoms. The minimum atomic E-state index is -0.456. The Balaban J connectivity index is 1.30. The number of amides is 1. The average Bonchev–Trinajstić information content (AvgIpc) is 3.32. The van der Waals surface area contributed by atoms with Crippen LogP contribution in [-0.4, -0.2) is 29.7 Å². The normalized spacial score (nSPS) is 32.9. The van der Waals surface area contributed by atoms with Gasteiger partial charge in [0.1, 0.15) is 5.60 Å². The Kier molecular flexibility index (Phi) is 3.46. The van der Waals surface area contributed by atoms with Crippen LogP contribution < -0.4 is 10.6 Å². The monoisotopic (exact) mass is 300 g/mol. The number of ether oxygens (including phenoxy) is 1. The van der Waals surface area contributed by atoms with Crippen molar-refractivity contribution in [2.24, 2.45) is 0 Å². The zero-order valence-corrected chi connectivity index (χ0v) is 12.9. The smallest absolute Gasteiger partial charge is 0.252 e. The Labute approximate surface area is 131 Å². The first-order chi connectivity index (χ1) is 10.7. The van der Waals surface area contributed by atoms with Crippen molar-refractivity contribution in [3.63, 3.8) is 0 Å². The van der Waals surface area contributed by atoms with E-state index in [1.165, 1.54) is 5.56 Å². The molecule has 0 aromatic heterocycles. The molecule has 4 nitrogen and oxygen atoms in total. The molecule has 2 N–H and O–H groups in total. The van der Waals surface area contributed by atoms with Crippen molar-refractivity contribution in [2.45, 2.75) is 62.3 Å². The highest BCUT2D eigenvalue weighted by Crippen LogP contribution is 2.48. The molecule has 3 aliphatic rings. The molecule has 118 valence electrons. The fraction of sp³-hybridized carbons (Fsp3) is 0.611. The number of morpholine rings is 1. The van der Waals surface area contributed by atoms with Crippen molar-refractivity contribution in [1.82, 2.24) is 10.6 Å². The van der Waals surface area contributed by atoms with E-state index in [-0.39, 0.29) is 11.5 Å². The number of carbonyl (C=O) groups is 1. The van der Waals surface area contributed by atoms with E-state index in [0.717, 1.165) is 45.1 Å². The average molecular weight is 300 g/mol. The summed E-state index contributed by atoms with van der Waals surface area (Å²) >= 11 is 0. The van der Waals surface area contributed by atoms with Gasteiger partial charge in [0.2, 0.25) is 0 Å². The zero-order valence-electron chi connectivity index (χ0n) is 12.9. The van der Waals surface area contributed by atoms with E-state index < -0.39 is 5.60 Å². The lowest BCUT2D eigenvalue weighted by atomic mass is 9.80. The van der Waals surface area contributed by atoms with E-state index >= 15 is 0 Å². The number of carbonyl (C=O) groups excluding carboxylic acids is 1. The van der Waals surface area contributed by atoms with Crippen LogP contribution in [0, 0.1) is 0 Å². The summed E-state index contributed by atoms with van der Waals surface area (Å²) in [6.45, 7) is 1.62. The van der Waals surface area contributed by atoms with Gasteiger partial charge in [-0.2, -0.15) is 0 Å². The molecule has 1 heterocycles. The second-order valence-corrected chi connectivity index (χ2v) is 7.10. The fourth-order valence-corrected chi connectivity index (χ4v) is 3.83. The van der Waals surface area contributed by atoms with E-state index in [9.17, 15) is 4.79 Å². The number of benzene rings is 1. The minimum absolute atomic E-state index is 0.102. The van der Waals surface area contributed by atoms with Crippen LogP contribution in [0.1, 0.15) is 44.1 Å². The van der Waals surface area contributed by atoms with Gasteiger partial charge in [0, 0.05) is 19.1 Å². The largest absolute Gasteiger partial charge is 0.357 e. The van der Waals surface area contributed by atoms with E-state index in [2.05, 4.69) is 41.0 Å². The van der Waals surface area contributed by atoms with Gasteiger partial charge in [-0.15, -0.1) is 0 Å². The summed E-state index contributed by atoms with van der Waals surface area (Å²) in [6, 6.07) is 11.1. The fourth-order valence-electron chi connectivity index (χ4n) is 3.83. The SMILES string of the molecule is O=C1NC[C@]2(CC[C@H](NCc3ccccc3)CC2)OC12CC2. The summed E-state index contributed by atoms with van der Waals surface area (Å²) in [6.07, 6.45) is 6.13. The van der Waals surface area contributed by atoms with Crippen LogP contribution in [0.4, 0.5) is 0 Å². The van der Waals surface area contributed by atoms with Gasteiger partial charge in [-0.1, -0.05) is 30.3 Å². The molecule has 1 aromatic carbocycles. The Morgan fingerprint density at radius 2 is 1.86 bits per heavy atom. The molecule has 22 heavy (non-hydrogen) atoms. The maximum Gasteiger partial charge on any atom is 0.252 e. The molecule has 0 atom stereocenters. The molecule has 1 aliphatic heterocycles. The topological polar surface area (TPSA) is 50.4 Å². The van der Waals surface area contributed by atoms with Crippen molar-refractivity contribution in [1.29, 1.82) is 0 Å². The predicted octanol–water partition coefficient (Wildman–Crippen LogP) is 2.14. The van der Waals surface area contributed by atoms with Gasteiger partial charge in [0.25, 0.3) is 5.91 Å². The molecule has 4 heteroatoms. The molecule has 1 amide bonds. The molecule has 0 bridgehead atoms. The quantitative estimate of drug-likeness (QED) is 0.899. The van der Waals surface area contributed by atoms with Crippen molar-refractivity contribution in [3.8, 4) is 0 Å². The first-order valence-electron chi connectivity index (χ1n) is 8.46. The van der Waals surface area contributed by atoms with E-state index in [1.807, 2.05) is 0 Å². The molecule has 1 saturated heterocycles. The van der Waals surface area contributed by atoms with Crippen molar-refractivity contribution in [2.75, 3.05) is 6.54 Å². The van der Waals surface area contributed by atoms with Crippen molar-refractivity contribution in [3.05, 3.63) is 35.9 Å². The molecule has 2 aliphatic carbocycles. The van der Waals surface area contributed by atoms with Gasteiger partial charge >= 0.3 is 0 Å². The first-order valence-corrected chi connectivity index (χ1v) is 8.46. The number of rotatable bonds is 3. The summed E-state index contributed by atoms with van der Waals surface area (Å²) in [5, 5.41) is 6.75. The first kappa shape index (κ1) is 14.2. The molecule has 0 unspecified atom stereocenters. The van der Waals surface area contributed by atoms with Crippen molar-refractivity contribution < 1.29 is 9.53 Å². The summed E-state index contributed by atoms with van der Waals surface area (Å²) in [5.41, 5.74) is 0.777. The molecule has 0 radical (unpaired) electrons. The van der Waals surface area contributed by atoms with Gasteiger partial charge in [0.15, 0.2) is 0 Å². The summed E-state index contributed by atoms with van der Waals surface area (Å²) in [4.78, 5) is 11.9. The van der Waals surface area contributed by atoms with Crippen LogP contribution in [-0.2, 0) is 16.1 Å². The van der Waals surface area contributed by atoms with Crippen LogP contribution in [0.2, 0.25) is 0 Å². The molecular formula is C18H24N2O2. The third kappa shape index (κ3) is 2.66. The molecular weight excluding hydrogens is 276 g/mol. The predicted molar refractivity (Wildman–Crippen MR) is 84.3 cm³/mol. The third-order valence-electron chi connectivity index (χ3n) is 5.44. The van der Waals surface area contributed by atoms with Gasteiger partial charge < -0.3 is 15.4 Å². The van der Waals surface area contributed by atoms with Gasteiger partial charge in [-0.3, -0.25) is 4.79 Å². The van der Waals surface area contributed by atoms with E-state index in [1.54, 1.807) is 0 Å². The van der Waals surface area contributed by atoms with Crippen LogP contribution >= 0.6 is 0 Å². The highest BCUT2D eigenvalue weighted by molar-refractivity contribution is 5.88. The second kappa shape index (κ2) is 5.36. The molecule has 4 rings (SSSR count). The molecule has 1 aromatic rings. The Morgan fingerprint density at radius 3 is 2.55 bits per heavy atom. The summed E-state index contributed by atoms with van der Waals surface area (Å²) in [7, 11) is 0. The highest BCUT2D eigenvalue weighted by Gasteiger charge is 2.59. The Bertz CT molecular complexity index is 545. The Hall–Kier alpha value is -1.39. The third-order valence-corrected chi connectivity index (χ3v) is 5.44. The number of hydrogen-bond donors (Lipinski definition) is 2. The van der Waals surface area contributed by atoms with E-state index in [4.69, 9.17) is 4.74 Å². The molecule has 2 saturated carbocycles. The van der Waals surface area contributed by atoms with Crippen LogP contribution in [0.25, 0.3) is 0 Å². The summed E-state index contributed by atoms with van der Waals surface area (Å²) in [5.74, 6) is 0.113. The highest BCUT2D eigenvalue weighted by atomic mass is 16.5. The standard InChI is InChI=1S/C18H24N2O2/c21-16-18(10-11-18)22-17(13-20-16)8-6-15(7-9-17)19-12-14-4-2-1-3-5-14/h1-5,15,19H,6-13H2,(H,20,21)/t15-,17+. The van der Waals surface area contributed by atoms with Crippen LogP contribution in [0.15, 0.2) is 30.3 Å². The van der Waals surface area contributed by atoms with E-state index in [0.29, 0.717) is 12.6 Å². The van der Waals surface area contributed by atoms with Gasteiger partial charge in [-0.05, 0) is 44.1 Å². The lowest BCUT2D eigenvalue weighted by molar-refractivity contribution is -0.176. The Morgan fingerprint density at radius 1 is 1.14 bits per heavy atom. The molecule has 3 fully saturated rings. The van der Waals surface area contributed by atoms with Gasteiger partial charge in [-0.25, -0.2) is 0 Å². The number of nitrogens with one attached hydrogen (secondary N) is 2. The van der Waals surface area contributed by atoms with Crippen molar-refractivity contribution >= 4 is 5.91 Å². The summed E-state index contributed by atoms with van der Waals surface area (Å²) < 4.78 is 6.30. The lowest BCUT2D eigenvalue weighted by Gasteiger charge is -2.45.